The van der Waals surface area contributed by atoms with Gasteiger partial charge in [0.2, 0.25) is 0 Å². The van der Waals surface area contributed by atoms with Crippen molar-refractivity contribution in [3.63, 3.8) is 0 Å². The van der Waals surface area contributed by atoms with E-state index < -0.39 is 41.8 Å². The van der Waals surface area contributed by atoms with Gasteiger partial charge < -0.3 is 36.8 Å². The van der Waals surface area contributed by atoms with Crippen LogP contribution in [-0.4, -0.2) is 73.0 Å². The Morgan fingerprint density at radius 3 is 2.46 bits per heavy atom. The second-order valence-electron chi connectivity index (χ2n) is 5.55. The number of aliphatic imine (C=N–C) groups is 1. The van der Waals surface area contributed by atoms with E-state index in [-0.39, 0.29) is 42.2 Å². The van der Waals surface area contributed by atoms with Crippen molar-refractivity contribution in [1.29, 1.82) is 0 Å². The molecule has 2 heterocycles. The number of para-hydroxylation sites is 1. The van der Waals surface area contributed by atoms with E-state index in [2.05, 4.69) is 4.99 Å². The Labute approximate surface area is 159 Å². The zero-order valence-electron chi connectivity index (χ0n) is 13.6. The van der Waals surface area contributed by atoms with Gasteiger partial charge in [-0.3, -0.25) is 4.99 Å². The van der Waals surface area contributed by atoms with Crippen LogP contribution in [0.25, 0.3) is 0 Å². The van der Waals surface area contributed by atoms with Gasteiger partial charge in [-0.1, -0.05) is 18.2 Å². The summed E-state index contributed by atoms with van der Waals surface area (Å²) in [5, 5.41) is 60.6. The van der Waals surface area contributed by atoms with Crippen LogP contribution in [0.2, 0.25) is 0 Å². The summed E-state index contributed by atoms with van der Waals surface area (Å²) in [6.07, 6.45) is -7.61. The molecule has 1 aromatic carbocycles. The summed E-state index contributed by atoms with van der Waals surface area (Å²) in [4.78, 5) is 15.3. The summed E-state index contributed by atoms with van der Waals surface area (Å²) < 4.78 is 4.71. The maximum atomic E-state index is 11.4. The Morgan fingerprint density at radius 2 is 1.83 bits per heavy atom. The van der Waals surface area contributed by atoms with Crippen molar-refractivity contribution in [1.82, 2.24) is 0 Å². The van der Waals surface area contributed by atoms with Crippen LogP contribution >= 0.6 is 0 Å². The van der Waals surface area contributed by atoms with Gasteiger partial charge in [-0.25, -0.2) is 4.79 Å². The molecule has 10 heteroatoms. The Morgan fingerprint density at radius 1 is 1.21 bits per heavy atom. The SMILES string of the molecule is O=C(O)[C@H]1O[C@@H](O)[C@H](O)[C@@H](O)[C@@]1(O)C1(O)C=Nc2ccccc21.[H-].[Na+]. The predicted octanol–water partition coefficient (Wildman–Crippen LogP) is -5.04. The van der Waals surface area contributed by atoms with Crippen LogP contribution in [0.3, 0.4) is 0 Å². The van der Waals surface area contributed by atoms with E-state index in [9.17, 15) is 35.4 Å². The number of hydrogen-bond donors (Lipinski definition) is 6. The molecule has 0 aliphatic carbocycles. The molecule has 2 aliphatic rings. The molecule has 6 N–H and O–H groups in total. The average Bonchev–Trinajstić information content (AvgIpc) is 2.88. The Balaban J connectivity index is 0.00000156. The molecule has 0 aromatic heterocycles. The fourth-order valence-corrected chi connectivity index (χ4v) is 3.03. The minimum absolute atomic E-state index is 0. The molecule has 0 spiro atoms. The third kappa shape index (κ3) is 2.45. The molecular weight excluding hydrogens is 333 g/mol. The zero-order valence-corrected chi connectivity index (χ0v) is 14.6. The molecule has 1 unspecified atom stereocenters. The second-order valence-corrected chi connectivity index (χ2v) is 5.55. The van der Waals surface area contributed by atoms with Crippen LogP contribution in [0.5, 0.6) is 0 Å². The molecule has 1 aromatic rings. The fourth-order valence-electron chi connectivity index (χ4n) is 3.03. The average molecular weight is 349 g/mol. The van der Waals surface area contributed by atoms with Crippen molar-refractivity contribution in [2.45, 2.75) is 35.8 Å². The number of ether oxygens (including phenoxy) is 1. The first-order chi connectivity index (χ1) is 10.7. The molecule has 24 heavy (non-hydrogen) atoms. The third-order valence-electron chi connectivity index (χ3n) is 4.28. The zero-order chi connectivity index (χ0) is 17.0. The Hall–Kier alpha value is -0.880. The van der Waals surface area contributed by atoms with E-state index in [0.29, 0.717) is 0 Å². The molecule has 126 valence electrons. The van der Waals surface area contributed by atoms with Gasteiger partial charge in [-0.15, -0.1) is 0 Å². The van der Waals surface area contributed by atoms with Crippen molar-refractivity contribution in [3.8, 4) is 0 Å². The number of carbonyl (C=O) groups is 1. The molecule has 9 nitrogen and oxygen atoms in total. The van der Waals surface area contributed by atoms with Crippen LogP contribution in [0.1, 0.15) is 6.99 Å². The smallest absolute Gasteiger partial charge is 1.00 e. The molecule has 0 saturated carbocycles. The normalized spacial score (nSPS) is 40.7. The van der Waals surface area contributed by atoms with Crippen LogP contribution < -0.4 is 29.6 Å². The van der Waals surface area contributed by atoms with Gasteiger partial charge in [0.1, 0.15) is 12.2 Å². The molecule has 0 radical (unpaired) electrons. The number of benzene rings is 1. The number of hydrogen-bond acceptors (Lipinski definition) is 8. The number of aliphatic hydroxyl groups excluding tert-OH is 3. The van der Waals surface area contributed by atoms with Crippen LogP contribution in [-0.2, 0) is 15.1 Å². The number of carboxylic acids is 1. The summed E-state index contributed by atoms with van der Waals surface area (Å²) in [5.41, 5.74) is -5.01. The predicted molar refractivity (Wildman–Crippen MR) is 75.1 cm³/mol. The molecule has 2 aliphatic heterocycles. The first kappa shape index (κ1) is 19.4. The fraction of sp³-hybridized carbons (Fsp3) is 0.429. The van der Waals surface area contributed by atoms with E-state index in [4.69, 9.17) is 4.74 Å². The number of rotatable bonds is 2. The van der Waals surface area contributed by atoms with Crippen molar-refractivity contribution < 1.29 is 71.2 Å². The molecule has 6 atom stereocenters. The first-order valence-corrected chi connectivity index (χ1v) is 6.75. The van der Waals surface area contributed by atoms with Gasteiger partial charge in [-0.2, -0.15) is 0 Å². The number of nitrogens with zero attached hydrogens (tertiary/aromatic N) is 1. The van der Waals surface area contributed by atoms with Gasteiger partial charge in [0.05, 0.1) is 5.69 Å². The summed E-state index contributed by atoms with van der Waals surface area (Å²) in [6, 6.07) is 6.06. The molecule has 3 rings (SSSR count). The van der Waals surface area contributed by atoms with Gasteiger partial charge in [0.25, 0.3) is 0 Å². The van der Waals surface area contributed by atoms with Gasteiger partial charge in [0, 0.05) is 11.8 Å². The summed E-state index contributed by atoms with van der Waals surface area (Å²) in [5.74, 6) is -1.73. The van der Waals surface area contributed by atoms with Gasteiger partial charge in [0.15, 0.2) is 23.6 Å². The number of fused-ring (bicyclic) bond motifs is 1. The standard InChI is InChI=1S/C14H15NO8.Na.H/c16-8-9(17)14(22,10(11(18)19)23-12(8)20)13(21)5-15-7-4-2-1-3-6(7)13;;/h1-5,8-10,12,16-17,20-22H,(H,18,19);;/q;+1;-1/t8-,9-,10-,12-,13?,14+;;/m1../s1. The Bertz CT molecular complexity index is 691. The molecular formula is C14H16NNaO8. The summed E-state index contributed by atoms with van der Waals surface area (Å²) in [7, 11) is 0. The van der Waals surface area contributed by atoms with Crippen molar-refractivity contribution in [2.24, 2.45) is 4.99 Å². The van der Waals surface area contributed by atoms with E-state index in [1.165, 1.54) is 18.2 Å². The van der Waals surface area contributed by atoms with Crippen LogP contribution in [0.15, 0.2) is 29.3 Å². The second kappa shape index (κ2) is 6.45. The maximum Gasteiger partial charge on any atom is 1.00 e. The van der Waals surface area contributed by atoms with E-state index in [1.54, 1.807) is 6.07 Å². The first-order valence-electron chi connectivity index (χ1n) is 6.75. The third-order valence-corrected chi connectivity index (χ3v) is 4.28. The van der Waals surface area contributed by atoms with Crippen molar-refractivity contribution >= 4 is 17.9 Å². The number of carboxylic acid groups (broad SMARTS) is 1. The monoisotopic (exact) mass is 349 g/mol. The van der Waals surface area contributed by atoms with Gasteiger partial charge >= 0.3 is 35.5 Å². The largest absolute Gasteiger partial charge is 1.00 e. The number of aliphatic carboxylic acids is 1. The van der Waals surface area contributed by atoms with Crippen LogP contribution in [0, 0.1) is 0 Å². The minimum Gasteiger partial charge on any atom is -1.00 e. The van der Waals surface area contributed by atoms with E-state index in [1.807, 2.05) is 0 Å². The van der Waals surface area contributed by atoms with Crippen molar-refractivity contribution in [3.05, 3.63) is 29.8 Å². The molecule has 0 bridgehead atoms. The number of aliphatic hydroxyl groups is 5. The quantitative estimate of drug-likeness (QED) is 0.289. The Kier molecular flexibility index (Phi) is 5.22. The van der Waals surface area contributed by atoms with Crippen LogP contribution in [0.4, 0.5) is 5.69 Å². The van der Waals surface area contributed by atoms with E-state index in [0.717, 1.165) is 6.21 Å². The summed E-state index contributed by atoms with van der Waals surface area (Å²) in [6.45, 7) is 0. The molecule has 1 fully saturated rings. The summed E-state index contributed by atoms with van der Waals surface area (Å²) >= 11 is 0. The molecule has 0 amide bonds. The minimum atomic E-state index is -2.88. The topological polar surface area (TPSA) is 160 Å². The van der Waals surface area contributed by atoms with Crippen molar-refractivity contribution in [2.75, 3.05) is 0 Å². The van der Waals surface area contributed by atoms with Gasteiger partial charge in [-0.05, 0) is 6.07 Å². The maximum absolute atomic E-state index is 11.4. The molecule has 1 saturated heterocycles. The van der Waals surface area contributed by atoms with E-state index >= 15 is 0 Å².